The number of hydrogen-bond acceptors (Lipinski definition) is 4. The zero-order valence-corrected chi connectivity index (χ0v) is 10.1. The second-order valence-electron chi connectivity index (χ2n) is 4.51. The largest absolute Gasteiger partial charge is 0.453 e. The Bertz CT molecular complexity index is 665. The zero-order chi connectivity index (χ0) is 13.8. The van der Waals surface area contributed by atoms with Crippen LogP contribution in [0.2, 0.25) is 0 Å². The van der Waals surface area contributed by atoms with E-state index in [4.69, 9.17) is 0 Å². The fourth-order valence-electron chi connectivity index (χ4n) is 1.97. The molecule has 19 heavy (non-hydrogen) atoms. The molecule has 0 bridgehead atoms. The summed E-state index contributed by atoms with van der Waals surface area (Å²) in [6.45, 7) is 6.73. The highest BCUT2D eigenvalue weighted by Crippen LogP contribution is 2.29. The molecule has 2 aromatic heterocycles. The van der Waals surface area contributed by atoms with Gasteiger partial charge in [0.05, 0.1) is 0 Å². The first-order valence-corrected chi connectivity index (χ1v) is 5.58. The van der Waals surface area contributed by atoms with Crippen LogP contribution in [0.25, 0.3) is 5.78 Å². The fraction of sp³-hybridized carbons (Fsp3) is 0.364. The van der Waals surface area contributed by atoms with Gasteiger partial charge in [0.2, 0.25) is 0 Å². The molecule has 5 nitrogen and oxygen atoms in total. The van der Waals surface area contributed by atoms with Crippen LogP contribution >= 0.6 is 0 Å². The maximum absolute atomic E-state index is 12.6. The number of fused-ring (bicyclic) bond motifs is 1. The second-order valence-corrected chi connectivity index (χ2v) is 4.51. The number of aromatic nitrogens is 4. The summed E-state index contributed by atoms with van der Waals surface area (Å²) in [4.78, 5) is 9.28. The smallest absolute Gasteiger partial charge is 0.348 e. The highest BCUT2D eigenvalue weighted by atomic mass is 19.4. The average Bonchev–Trinajstić information content (AvgIpc) is 2.67. The minimum atomic E-state index is -4.57. The van der Waals surface area contributed by atoms with Gasteiger partial charge < -0.3 is 4.90 Å². The van der Waals surface area contributed by atoms with Crippen molar-refractivity contribution in [2.45, 2.75) is 13.1 Å². The Kier molecular flexibility index (Phi) is 2.32. The molecule has 1 aliphatic rings. The summed E-state index contributed by atoms with van der Waals surface area (Å²) in [6.07, 6.45) is -4.57. The predicted octanol–water partition coefficient (Wildman–Crippen LogP) is 1.83. The number of halogens is 3. The first-order valence-electron chi connectivity index (χ1n) is 5.58. The summed E-state index contributed by atoms with van der Waals surface area (Å²) in [5.74, 6) is -0.663. The number of rotatable bonds is 1. The van der Waals surface area contributed by atoms with Gasteiger partial charge in [0, 0.05) is 24.8 Å². The number of nitrogens with zero attached hydrogens (tertiary/aromatic N) is 5. The zero-order valence-electron chi connectivity index (χ0n) is 10.1. The number of alkyl halides is 3. The van der Waals surface area contributed by atoms with Crippen LogP contribution < -0.4 is 4.90 Å². The highest BCUT2D eigenvalue weighted by molar-refractivity contribution is 5.53. The molecule has 2 aromatic rings. The molecular formula is C11H10F3N5. The van der Waals surface area contributed by atoms with Crippen molar-refractivity contribution >= 4 is 11.6 Å². The molecule has 0 saturated carbocycles. The number of aryl methyl sites for hydroxylation is 1. The van der Waals surface area contributed by atoms with Crippen LogP contribution in [0.4, 0.5) is 19.0 Å². The molecule has 0 radical (unpaired) electrons. The maximum Gasteiger partial charge on any atom is 0.453 e. The van der Waals surface area contributed by atoms with Crippen LogP contribution in [0.5, 0.6) is 0 Å². The van der Waals surface area contributed by atoms with E-state index in [1.807, 2.05) is 4.90 Å². The molecule has 0 N–H and O–H groups in total. The Hall–Kier alpha value is -2.12. The van der Waals surface area contributed by atoms with E-state index in [9.17, 15) is 13.2 Å². The van der Waals surface area contributed by atoms with Gasteiger partial charge in [0.15, 0.2) is 0 Å². The maximum atomic E-state index is 12.6. The lowest BCUT2D eigenvalue weighted by atomic mass is 10.1. The van der Waals surface area contributed by atoms with Crippen molar-refractivity contribution in [3.8, 4) is 0 Å². The van der Waals surface area contributed by atoms with Crippen molar-refractivity contribution in [3.63, 3.8) is 0 Å². The third-order valence-corrected chi connectivity index (χ3v) is 2.83. The Morgan fingerprint density at radius 3 is 2.53 bits per heavy atom. The lowest BCUT2D eigenvalue weighted by molar-refractivity contribution is -0.144. The second kappa shape index (κ2) is 3.69. The van der Waals surface area contributed by atoms with E-state index in [-0.39, 0.29) is 5.78 Å². The van der Waals surface area contributed by atoms with E-state index in [2.05, 4.69) is 21.6 Å². The summed E-state index contributed by atoms with van der Waals surface area (Å²) < 4.78 is 39.0. The summed E-state index contributed by atoms with van der Waals surface area (Å²) in [7, 11) is 0. The lowest BCUT2D eigenvalue weighted by Crippen LogP contribution is -2.40. The lowest BCUT2D eigenvalue weighted by Gasteiger charge is -2.35. The van der Waals surface area contributed by atoms with Crippen LogP contribution in [0.3, 0.4) is 0 Å². The van der Waals surface area contributed by atoms with Gasteiger partial charge in [-0.15, -0.1) is 5.10 Å². The summed E-state index contributed by atoms with van der Waals surface area (Å²) in [5.41, 5.74) is 1.62. The standard InChI is InChI=1S/C11H10F3N5/c1-6-4-18(5-6)8-3-7(2)15-10-16-9(11(12,13)14)17-19(8)10/h3H,1,4-5H2,2H3. The van der Waals surface area contributed by atoms with E-state index in [1.54, 1.807) is 13.0 Å². The van der Waals surface area contributed by atoms with Crippen molar-refractivity contribution in [1.82, 2.24) is 19.6 Å². The molecular weight excluding hydrogens is 259 g/mol. The van der Waals surface area contributed by atoms with E-state index >= 15 is 0 Å². The van der Waals surface area contributed by atoms with E-state index in [0.29, 0.717) is 24.6 Å². The van der Waals surface area contributed by atoms with E-state index in [1.165, 1.54) is 0 Å². The Balaban J connectivity index is 2.15. The normalized spacial score (nSPS) is 16.0. The molecule has 3 heterocycles. The predicted molar refractivity (Wildman–Crippen MR) is 61.9 cm³/mol. The van der Waals surface area contributed by atoms with Crippen LogP contribution in [0.1, 0.15) is 11.5 Å². The first kappa shape index (κ1) is 11.9. The molecule has 0 spiro atoms. The van der Waals surface area contributed by atoms with Gasteiger partial charge in [0.25, 0.3) is 11.6 Å². The van der Waals surface area contributed by atoms with Crippen molar-refractivity contribution in [1.29, 1.82) is 0 Å². The Morgan fingerprint density at radius 1 is 1.26 bits per heavy atom. The first-order chi connectivity index (χ1) is 8.84. The van der Waals surface area contributed by atoms with Gasteiger partial charge in [-0.1, -0.05) is 6.58 Å². The minimum Gasteiger partial charge on any atom is -0.348 e. The Labute approximate surface area is 106 Å². The van der Waals surface area contributed by atoms with Crippen LogP contribution in [0, 0.1) is 6.92 Å². The van der Waals surface area contributed by atoms with Crippen LogP contribution in [-0.2, 0) is 6.18 Å². The molecule has 3 rings (SSSR count). The molecule has 0 aliphatic carbocycles. The van der Waals surface area contributed by atoms with Gasteiger partial charge in [-0.25, -0.2) is 4.98 Å². The highest BCUT2D eigenvalue weighted by Gasteiger charge is 2.37. The van der Waals surface area contributed by atoms with Gasteiger partial charge >= 0.3 is 6.18 Å². The quantitative estimate of drug-likeness (QED) is 0.741. The SMILES string of the molecule is C=C1CN(c2cc(C)nc3nc(C(F)(F)F)nn23)C1. The Morgan fingerprint density at radius 2 is 1.95 bits per heavy atom. The third-order valence-electron chi connectivity index (χ3n) is 2.83. The van der Waals surface area contributed by atoms with E-state index in [0.717, 1.165) is 10.1 Å². The van der Waals surface area contributed by atoms with Crippen LogP contribution in [-0.4, -0.2) is 32.7 Å². The van der Waals surface area contributed by atoms with Crippen molar-refractivity contribution in [2.75, 3.05) is 18.0 Å². The minimum absolute atomic E-state index is 0.0418. The van der Waals surface area contributed by atoms with Gasteiger partial charge in [-0.2, -0.15) is 22.7 Å². The van der Waals surface area contributed by atoms with Gasteiger partial charge in [-0.05, 0) is 12.5 Å². The molecule has 100 valence electrons. The molecule has 0 aromatic carbocycles. The van der Waals surface area contributed by atoms with Gasteiger partial charge in [-0.3, -0.25) is 0 Å². The average molecular weight is 269 g/mol. The summed E-state index contributed by atoms with van der Waals surface area (Å²) in [5, 5.41) is 3.50. The molecule has 1 aliphatic heterocycles. The number of hydrogen-bond donors (Lipinski definition) is 0. The van der Waals surface area contributed by atoms with Gasteiger partial charge in [0.1, 0.15) is 5.82 Å². The van der Waals surface area contributed by atoms with E-state index < -0.39 is 12.0 Å². The third kappa shape index (κ3) is 1.92. The molecule has 1 fully saturated rings. The van der Waals surface area contributed by atoms with Crippen molar-refractivity contribution < 1.29 is 13.2 Å². The molecule has 0 unspecified atom stereocenters. The summed E-state index contributed by atoms with van der Waals surface area (Å²) in [6, 6.07) is 1.69. The molecule has 0 atom stereocenters. The molecule has 8 heteroatoms. The summed E-state index contributed by atoms with van der Waals surface area (Å²) >= 11 is 0. The molecule has 1 saturated heterocycles. The molecule has 0 amide bonds. The fourth-order valence-corrected chi connectivity index (χ4v) is 1.97. The monoisotopic (exact) mass is 269 g/mol. The van der Waals surface area contributed by atoms with Crippen molar-refractivity contribution in [3.05, 3.63) is 29.7 Å². The van der Waals surface area contributed by atoms with Crippen molar-refractivity contribution in [2.24, 2.45) is 0 Å². The topological polar surface area (TPSA) is 46.3 Å². The number of anilines is 1. The van der Waals surface area contributed by atoms with Crippen LogP contribution in [0.15, 0.2) is 18.2 Å².